The molecule has 1 aliphatic carbocycles. The molecule has 3 heteroatoms. The Hall–Kier alpha value is -0.830. The number of H-pyrrole nitrogens is 1. The molecule has 3 N–H and O–H groups in total. The molecule has 0 bridgehead atoms. The number of nitrogens with one attached hydrogen (secondary N) is 1. The van der Waals surface area contributed by atoms with Gasteiger partial charge in [-0.15, -0.1) is 0 Å². The van der Waals surface area contributed by atoms with E-state index in [1.807, 2.05) is 6.20 Å². The number of imidazole rings is 1. The molecule has 0 amide bonds. The van der Waals surface area contributed by atoms with E-state index in [-0.39, 0.29) is 6.04 Å². The average molecular weight is 179 g/mol. The van der Waals surface area contributed by atoms with E-state index in [9.17, 15) is 0 Å². The molecule has 3 nitrogen and oxygen atoms in total. The van der Waals surface area contributed by atoms with Crippen molar-refractivity contribution < 1.29 is 0 Å². The summed E-state index contributed by atoms with van der Waals surface area (Å²) in [5.74, 6) is 2.12. The molecular weight excluding hydrogens is 162 g/mol. The number of hydrogen-bond donors (Lipinski definition) is 2. The lowest BCUT2D eigenvalue weighted by Gasteiger charge is -2.11. The van der Waals surface area contributed by atoms with Gasteiger partial charge in [0.1, 0.15) is 5.82 Å². The number of hydrogen-bond acceptors (Lipinski definition) is 2. The van der Waals surface area contributed by atoms with E-state index in [0.29, 0.717) is 5.92 Å². The third-order valence-corrected chi connectivity index (χ3v) is 2.67. The standard InChI is InChI=1S/C10H17N3/c1-6(2)9(11)10-12-5-8(13-10)7-3-4-7/h5-7,9H,3-4,11H2,1-2H3,(H,12,13). The van der Waals surface area contributed by atoms with Gasteiger partial charge in [-0.1, -0.05) is 13.8 Å². The van der Waals surface area contributed by atoms with Crippen LogP contribution in [0.25, 0.3) is 0 Å². The number of nitrogens with two attached hydrogens (primary N) is 1. The van der Waals surface area contributed by atoms with Crippen LogP contribution in [0.15, 0.2) is 6.20 Å². The molecule has 1 atom stereocenters. The minimum absolute atomic E-state index is 0.0486. The van der Waals surface area contributed by atoms with Crippen molar-refractivity contribution in [3.05, 3.63) is 17.7 Å². The molecule has 1 aromatic heterocycles. The van der Waals surface area contributed by atoms with Crippen LogP contribution in [0.5, 0.6) is 0 Å². The van der Waals surface area contributed by atoms with Crippen LogP contribution in [0.4, 0.5) is 0 Å². The van der Waals surface area contributed by atoms with Gasteiger partial charge in [0.2, 0.25) is 0 Å². The van der Waals surface area contributed by atoms with Crippen LogP contribution in [0.1, 0.15) is 50.2 Å². The van der Waals surface area contributed by atoms with E-state index >= 15 is 0 Å². The second-order valence-corrected chi connectivity index (χ2v) is 4.27. The van der Waals surface area contributed by atoms with Gasteiger partial charge < -0.3 is 10.7 Å². The van der Waals surface area contributed by atoms with Gasteiger partial charge in [-0.05, 0) is 18.8 Å². The summed E-state index contributed by atoms with van der Waals surface area (Å²) in [7, 11) is 0. The molecule has 0 saturated heterocycles. The fraction of sp³-hybridized carbons (Fsp3) is 0.700. The number of aromatic nitrogens is 2. The molecule has 72 valence electrons. The maximum absolute atomic E-state index is 5.98. The molecule has 0 spiro atoms. The van der Waals surface area contributed by atoms with Gasteiger partial charge in [0.25, 0.3) is 0 Å². The van der Waals surface area contributed by atoms with Crippen molar-refractivity contribution in [1.82, 2.24) is 9.97 Å². The van der Waals surface area contributed by atoms with E-state index < -0.39 is 0 Å². The Morgan fingerprint density at radius 2 is 2.23 bits per heavy atom. The first-order valence-corrected chi connectivity index (χ1v) is 4.99. The molecule has 2 rings (SSSR count). The quantitative estimate of drug-likeness (QED) is 0.745. The van der Waals surface area contributed by atoms with Crippen molar-refractivity contribution in [2.75, 3.05) is 0 Å². The van der Waals surface area contributed by atoms with Crippen LogP contribution in [0.3, 0.4) is 0 Å². The molecular formula is C10H17N3. The molecule has 0 aromatic carbocycles. The lowest BCUT2D eigenvalue weighted by atomic mass is 10.1. The highest BCUT2D eigenvalue weighted by Gasteiger charge is 2.26. The highest BCUT2D eigenvalue weighted by atomic mass is 15.0. The highest BCUT2D eigenvalue weighted by molar-refractivity contribution is 5.14. The molecule has 0 radical (unpaired) electrons. The zero-order chi connectivity index (χ0) is 9.42. The largest absolute Gasteiger partial charge is 0.344 e. The van der Waals surface area contributed by atoms with Gasteiger partial charge in [0.05, 0.1) is 6.04 Å². The number of rotatable bonds is 3. The lowest BCUT2D eigenvalue weighted by Crippen LogP contribution is -2.18. The monoisotopic (exact) mass is 179 g/mol. The van der Waals surface area contributed by atoms with Crippen molar-refractivity contribution in [3.8, 4) is 0 Å². The Morgan fingerprint density at radius 1 is 1.54 bits per heavy atom. The lowest BCUT2D eigenvalue weighted by molar-refractivity contribution is 0.493. The second-order valence-electron chi connectivity index (χ2n) is 4.27. The summed E-state index contributed by atoms with van der Waals surface area (Å²) in [4.78, 5) is 7.64. The molecule has 1 saturated carbocycles. The molecule has 1 heterocycles. The topological polar surface area (TPSA) is 54.7 Å². The minimum Gasteiger partial charge on any atom is -0.344 e. The second kappa shape index (κ2) is 3.14. The Kier molecular flexibility index (Phi) is 2.12. The third-order valence-electron chi connectivity index (χ3n) is 2.67. The highest BCUT2D eigenvalue weighted by Crippen LogP contribution is 2.39. The Morgan fingerprint density at radius 3 is 2.77 bits per heavy atom. The van der Waals surface area contributed by atoms with E-state index in [4.69, 9.17) is 5.73 Å². The molecule has 1 fully saturated rings. The van der Waals surface area contributed by atoms with Gasteiger partial charge in [-0.25, -0.2) is 4.98 Å². The first-order valence-electron chi connectivity index (χ1n) is 4.99. The molecule has 0 aliphatic heterocycles. The minimum atomic E-state index is 0.0486. The summed E-state index contributed by atoms with van der Waals surface area (Å²) in [6.45, 7) is 4.23. The summed E-state index contributed by atoms with van der Waals surface area (Å²) in [6.07, 6.45) is 4.55. The van der Waals surface area contributed by atoms with Gasteiger partial charge in [0, 0.05) is 17.8 Å². The van der Waals surface area contributed by atoms with E-state index in [2.05, 4.69) is 23.8 Å². The number of aromatic amines is 1. The smallest absolute Gasteiger partial charge is 0.123 e. The molecule has 1 unspecified atom stereocenters. The third kappa shape index (κ3) is 1.75. The van der Waals surface area contributed by atoms with Gasteiger partial charge in [0.15, 0.2) is 0 Å². The van der Waals surface area contributed by atoms with Gasteiger partial charge in [-0.3, -0.25) is 0 Å². The van der Waals surface area contributed by atoms with Crippen LogP contribution < -0.4 is 5.73 Å². The molecule has 1 aromatic rings. The van der Waals surface area contributed by atoms with Crippen molar-refractivity contribution in [3.63, 3.8) is 0 Å². The van der Waals surface area contributed by atoms with Crippen molar-refractivity contribution in [2.24, 2.45) is 11.7 Å². The zero-order valence-electron chi connectivity index (χ0n) is 8.25. The SMILES string of the molecule is CC(C)C(N)c1ncc(C2CC2)[nH]1. The molecule has 13 heavy (non-hydrogen) atoms. The van der Waals surface area contributed by atoms with Gasteiger partial charge >= 0.3 is 0 Å². The Bertz CT molecular complexity index is 286. The van der Waals surface area contributed by atoms with Crippen molar-refractivity contribution >= 4 is 0 Å². The van der Waals surface area contributed by atoms with Crippen molar-refractivity contribution in [2.45, 2.75) is 38.6 Å². The fourth-order valence-electron chi connectivity index (χ4n) is 1.44. The zero-order valence-corrected chi connectivity index (χ0v) is 8.25. The normalized spacial score (nSPS) is 19.4. The van der Waals surface area contributed by atoms with Crippen LogP contribution >= 0.6 is 0 Å². The first-order chi connectivity index (χ1) is 6.18. The maximum Gasteiger partial charge on any atom is 0.123 e. The summed E-state index contributed by atoms with van der Waals surface area (Å²) in [5.41, 5.74) is 7.25. The summed E-state index contributed by atoms with van der Waals surface area (Å²) >= 11 is 0. The molecule has 1 aliphatic rings. The summed E-state index contributed by atoms with van der Waals surface area (Å²) in [6, 6.07) is 0.0486. The fourth-order valence-corrected chi connectivity index (χ4v) is 1.44. The van der Waals surface area contributed by atoms with Crippen LogP contribution in [0, 0.1) is 5.92 Å². The van der Waals surface area contributed by atoms with E-state index in [1.165, 1.54) is 18.5 Å². The Balaban J connectivity index is 2.11. The Labute approximate surface area is 78.7 Å². The van der Waals surface area contributed by atoms with Crippen LogP contribution in [-0.4, -0.2) is 9.97 Å². The summed E-state index contributed by atoms with van der Waals surface area (Å²) in [5, 5.41) is 0. The van der Waals surface area contributed by atoms with Crippen LogP contribution in [-0.2, 0) is 0 Å². The van der Waals surface area contributed by atoms with E-state index in [0.717, 1.165) is 11.7 Å². The predicted molar refractivity (Wildman–Crippen MR) is 52.3 cm³/mol. The average Bonchev–Trinajstić information content (AvgIpc) is 2.83. The maximum atomic E-state index is 5.98. The predicted octanol–water partition coefficient (Wildman–Crippen LogP) is 1.94. The first kappa shape index (κ1) is 8.75. The number of nitrogens with zero attached hydrogens (tertiary/aromatic N) is 1. The van der Waals surface area contributed by atoms with Crippen molar-refractivity contribution in [1.29, 1.82) is 0 Å². The summed E-state index contributed by atoms with van der Waals surface area (Å²) < 4.78 is 0. The van der Waals surface area contributed by atoms with Crippen LogP contribution in [0.2, 0.25) is 0 Å². The van der Waals surface area contributed by atoms with Gasteiger partial charge in [-0.2, -0.15) is 0 Å². The van der Waals surface area contributed by atoms with E-state index in [1.54, 1.807) is 0 Å².